The topological polar surface area (TPSA) is 42.0 Å². The van der Waals surface area contributed by atoms with Crippen molar-refractivity contribution in [3.8, 4) is 0 Å². The molecule has 0 saturated carbocycles. The zero-order valence-electron chi connectivity index (χ0n) is 10.6. The van der Waals surface area contributed by atoms with Gasteiger partial charge in [-0.05, 0) is 32.3 Å². The highest BCUT2D eigenvalue weighted by Gasteiger charge is 2.16. The highest BCUT2D eigenvalue weighted by Crippen LogP contribution is 2.27. The first-order valence-electron chi connectivity index (χ1n) is 5.57. The van der Waals surface area contributed by atoms with Crippen LogP contribution >= 0.6 is 35.0 Å². The summed E-state index contributed by atoms with van der Waals surface area (Å²) in [6.45, 7) is 3.71. The molecule has 1 aromatic rings. The van der Waals surface area contributed by atoms with Crippen LogP contribution in [0.5, 0.6) is 0 Å². The maximum atomic E-state index is 12.0. The summed E-state index contributed by atoms with van der Waals surface area (Å²) in [4.78, 5) is 16.1. The minimum absolute atomic E-state index is 0.0982. The molecule has 0 spiro atoms. The molecule has 6 heteroatoms. The lowest BCUT2D eigenvalue weighted by atomic mass is 10.2. The van der Waals surface area contributed by atoms with Crippen LogP contribution in [0, 0.1) is 6.92 Å². The lowest BCUT2D eigenvalue weighted by Crippen LogP contribution is -2.33. The summed E-state index contributed by atoms with van der Waals surface area (Å²) >= 11 is 13.8. The van der Waals surface area contributed by atoms with Crippen LogP contribution in [0.2, 0.25) is 10.0 Å². The maximum Gasteiger partial charge on any atom is 0.254 e. The number of aryl methyl sites for hydroxylation is 1. The van der Waals surface area contributed by atoms with E-state index in [9.17, 15) is 4.79 Å². The minimum atomic E-state index is -0.233. The van der Waals surface area contributed by atoms with Gasteiger partial charge in [-0.25, -0.2) is 0 Å². The number of hydrogen-bond acceptors (Lipinski definition) is 3. The molecule has 1 heterocycles. The van der Waals surface area contributed by atoms with Crippen molar-refractivity contribution in [2.75, 3.05) is 12.0 Å². The van der Waals surface area contributed by atoms with Gasteiger partial charge in [0.1, 0.15) is 0 Å². The number of carbonyl (C=O) groups excluding carboxylic acids is 1. The van der Waals surface area contributed by atoms with Crippen molar-refractivity contribution in [1.82, 2.24) is 10.3 Å². The van der Waals surface area contributed by atoms with Crippen LogP contribution in [0.4, 0.5) is 0 Å². The first-order valence-corrected chi connectivity index (χ1v) is 7.72. The fourth-order valence-electron chi connectivity index (χ4n) is 1.38. The van der Waals surface area contributed by atoms with Gasteiger partial charge >= 0.3 is 0 Å². The Kier molecular flexibility index (Phi) is 6.26. The van der Waals surface area contributed by atoms with Crippen LogP contribution in [-0.4, -0.2) is 28.9 Å². The molecule has 0 radical (unpaired) electrons. The van der Waals surface area contributed by atoms with E-state index in [0.29, 0.717) is 16.3 Å². The number of carbonyl (C=O) groups is 1. The van der Waals surface area contributed by atoms with E-state index < -0.39 is 0 Å². The van der Waals surface area contributed by atoms with Gasteiger partial charge < -0.3 is 5.32 Å². The molecule has 0 aliphatic carbocycles. The van der Waals surface area contributed by atoms with E-state index in [1.807, 2.05) is 13.2 Å². The summed E-state index contributed by atoms with van der Waals surface area (Å²) < 4.78 is 0. The number of nitrogens with one attached hydrogen (secondary N) is 1. The van der Waals surface area contributed by atoms with E-state index in [0.717, 1.165) is 12.2 Å². The SMILES string of the molecule is CSCCC(C)NC(=O)c1cnc(C)c(Cl)c1Cl. The Labute approximate surface area is 122 Å². The Morgan fingerprint density at radius 3 is 2.78 bits per heavy atom. The van der Waals surface area contributed by atoms with Gasteiger partial charge in [0, 0.05) is 12.2 Å². The third-order valence-corrected chi connectivity index (χ3v) is 4.11. The molecule has 1 rings (SSSR count). The predicted molar refractivity (Wildman–Crippen MR) is 78.9 cm³/mol. The number of pyridine rings is 1. The number of hydrogen-bond donors (Lipinski definition) is 1. The summed E-state index contributed by atoms with van der Waals surface area (Å²) in [7, 11) is 0. The average molecular weight is 307 g/mol. The Morgan fingerprint density at radius 2 is 2.17 bits per heavy atom. The number of rotatable bonds is 5. The minimum Gasteiger partial charge on any atom is -0.349 e. The molecule has 1 N–H and O–H groups in total. The maximum absolute atomic E-state index is 12.0. The number of amides is 1. The molecule has 100 valence electrons. The number of thioether (sulfide) groups is 1. The molecule has 0 aliphatic rings. The Balaban J connectivity index is 2.76. The standard InChI is InChI=1S/C12H16Cl2N2OS/c1-7(4-5-18-3)16-12(17)9-6-15-8(2)10(13)11(9)14/h6-7H,4-5H2,1-3H3,(H,16,17). The quantitative estimate of drug-likeness (QED) is 0.904. The smallest absolute Gasteiger partial charge is 0.254 e. The summed E-state index contributed by atoms with van der Waals surface area (Å²) in [5.74, 6) is 0.769. The first kappa shape index (κ1) is 15.6. The summed E-state index contributed by atoms with van der Waals surface area (Å²) in [5.41, 5.74) is 0.942. The number of nitrogens with zero attached hydrogens (tertiary/aromatic N) is 1. The van der Waals surface area contributed by atoms with Crippen molar-refractivity contribution in [1.29, 1.82) is 0 Å². The molecule has 1 atom stereocenters. The molecular weight excluding hydrogens is 291 g/mol. The van der Waals surface area contributed by atoms with Gasteiger partial charge in [0.25, 0.3) is 5.91 Å². The third-order valence-electron chi connectivity index (χ3n) is 2.51. The zero-order valence-corrected chi connectivity index (χ0v) is 12.9. The van der Waals surface area contributed by atoms with Gasteiger partial charge in [-0.15, -0.1) is 0 Å². The molecule has 0 bridgehead atoms. The number of halogens is 2. The van der Waals surface area contributed by atoms with Crippen LogP contribution in [0.3, 0.4) is 0 Å². The van der Waals surface area contributed by atoms with Gasteiger partial charge in [-0.3, -0.25) is 9.78 Å². The fraction of sp³-hybridized carbons (Fsp3) is 0.500. The van der Waals surface area contributed by atoms with Gasteiger partial charge in [0.2, 0.25) is 0 Å². The lowest BCUT2D eigenvalue weighted by Gasteiger charge is -2.14. The molecule has 0 fully saturated rings. The van der Waals surface area contributed by atoms with Crippen molar-refractivity contribution in [3.05, 3.63) is 27.5 Å². The van der Waals surface area contributed by atoms with Crippen molar-refractivity contribution in [2.24, 2.45) is 0 Å². The van der Waals surface area contributed by atoms with Crippen LogP contribution in [0.25, 0.3) is 0 Å². The monoisotopic (exact) mass is 306 g/mol. The molecule has 1 amide bonds. The van der Waals surface area contributed by atoms with E-state index in [-0.39, 0.29) is 17.0 Å². The van der Waals surface area contributed by atoms with Gasteiger partial charge in [-0.1, -0.05) is 23.2 Å². The Morgan fingerprint density at radius 1 is 1.50 bits per heavy atom. The van der Waals surface area contributed by atoms with E-state index >= 15 is 0 Å². The van der Waals surface area contributed by atoms with Crippen LogP contribution in [0.1, 0.15) is 29.4 Å². The third kappa shape index (κ3) is 4.04. The van der Waals surface area contributed by atoms with E-state index in [1.165, 1.54) is 6.20 Å². The molecule has 0 aromatic carbocycles. The summed E-state index contributed by atoms with van der Waals surface area (Å²) in [6.07, 6.45) is 4.41. The van der Waals surface area contributed by atoms with Crippen molar-refractivity contribution < 1.29 is 4.79 Å². The van der Waals surface area contributed by atoms with E-state index in [2.05, 4.69) is 10.3 Å². The Hall–Kier alpha value is -0.450. The molecule has 0 aliphatic heterocycles. The molecule has 1 aromatic heterocycles. The second-order valence-corrected chi connectivity index (χ2v) is 5.78. The predicted octanol–water partition coefficient (Wildman–Crippen LogP) is 3.57. The molecule has 0 saturated heterocycles. The molecule has 18 heavy (non-hydrogen) atoms. The largest absolute Gasteiger partial charge is 0.349 e. The van der Waals surface area contributed by atoms with Gasteiger partial charge in [0.15, 0.2) is 0 Å². The fourth-order valence-corrected chi connectivity index (χ4v) is 2.39. The normalized spacial score (nSPS) is 12.3. The average Bonchev–Trinajstić information content (AvgIpc) is 2.33. The summed E-state index contributed by atoms with van der Waals surface area (Å²) in [5, 5.41) is 3.48. The zero-order chi connectivity index (χ0) is 13.7. The van der Waals surface area contributed by atoms with Crippen molar-refractivity contribution >= 4 is 40.9 Å². The van der Waals surface area contributed by atoms with E-state index in [1.54, 1.807) is 18.7 Å². The summed E-state index contributed by atoms with van der Waals surface area (Å²) in [6, 6.07) is 0.0982. The second-order valence-electron chi connectivity index (χ2n) is 4.04. The van der Waals surface area contributed by atoms with Crippen molar-refractivity contribution in [3.63, 3.8) is 0 Å². The van der Waals surface area contributed by atoms with Crippen molar-refractivity contribution in [2.45, 2.75) is 26.3 Å². The molecule has 3 nitrogen and oxygen atoms in total. The van der Waals surface area contributed by atoms with Crippen LogP contribution < -0.4 is 5.32 Å². The van der Waals surface area contributed by atoms with Crippen LogP contribution in [-0.2, 0) is 0 Å². The lowest BCUT2D eigenvalue weighted by molar-refractivity contribution is 0.0939. The van der Waals surface area contributed by atoms with E-state index in [4.69, 9.17) is 23.2 Å². The van der Waals surface area contributed by atoms with Gasteiger partial charge in [-0.2, -0.15) is 11.8 Å². The Bertz CT molecular complexity index is 440. The van der Waals surface area contributed by atoms with Crippen LogP contribution in [0.15, 0.2) is 6.20 Å². The molecular formula is C12H16Cl2N2OS. The molecule has 1 unspecified atom stereocenters. The number of aromatic nitrogens is 1. The van der Waals surface area contributed by atoms with Gasteiger partial charge in [0.05, 0.1) is 21.3 Å². The first-order chi connectivity index (χ1) is 8.47. The second kappa shape index (κ2) is 7.22. The highest BCUT2D eigenvalue weighted by molar-refractivity contribution is 7.98. The highest BCUT2D eigenvalue weighted by atomic mass is 35.5.